The van der Waals surface area contributed by atoms with Crippen LogP contribution < -0.4 is 0 Å². The Morgan fingerprint density at radius 1 is 0.700 bits per heavy atom. The van der Waals surface area contributed by atoms with Crippen molar-refractivity contribution in [1.82, 2.24) is 0 Å². The summed E-state index contributed by atoms with van der Waals surface area (Å²) in [6.07, 6.45) is 9.62. The van der Waals surface area contributed by atoms with E-state index in [9.17, 15) is 10.2 Å². The van der Waals surface area contributed by atoms with Gasteiger partial charge in [0.15, 0.2) is 0 Å². The molecule has 0 aromatic carbocycles. The van der Waals surface area contributed by atoms with Gasteiger partial charge in [-0.2, -0.15) is 0 Å². The van der Waals surface area contributed by atoms with Gasteiger partial charge in [-0.05, 0) is 31.6 Å². The number of hydrogen-bond acceptors (Lipinski definition) is 2. The Kier molecular flexibility index (Phi) is 13.1. The van der Waals surface area contributed by atoms with Gasteiger partial charge in [-0.15, -0.1) is 0 Å². The molecule has 0 aromatic rings. The minimum Gasteiger partial charge on any atom is -0.380 e. The summed E-state index contributed by atoms with van der Waals surface area (Å²) in [5, 5.41) is 19.4. The minimum atomic E-state index is -0.570. The van der Waals surface area contributed by atoms with Gasteiger partial charge >= 0.3 is 0 Å². The molecule has 0 heterocycles. The monoisotopic (exact) mass is 282 g/mol. The van der Waals surface area contributed by atoms with Crippen molar-refractivity contribution < 1.29 is 10.2 Å². The molecule has 0 aliphatic heterocycles. The van der Waals surface area contributed by atoms with Crippen molar-refractivity contribution in [2.24, 2.45) is 5.92 Å². The van der Waals surface area contributed by atoms with Crippen LogP contribution in [0.25, 0.3) is 0 Å². The Bertz CT molecular complexity index is 262. The number of rotatable bonds is 11. The van der Waals surface area contributed by atoms with Crippen molar-refractivity contribution in [3.63, 3.8) is 0 Å². The second-order valence-corrected chi connectivity index (χ2v) is 6.20. The molecule has 118 valence electrons. The van der Waals surface area contributed by atoms with Gasteiger partial charge in [0.2, 0.25) is 0 Å². The fraction of sp³-hybridized carbons (Fsp3) is 0.889. The molecular formula is C18H34O2. The van der Waals surface area contributed by atoms with Crippen molar-refractivity contribution >= 4 is 0 Å². The lowest BCUT2D eigenvalue weighted by molar-refractivity contribution is 0.206. The highest BCUT2D eigenvalue weighted by atomic mass is 16.3. The quantitative estimate of drug-likeness (QED) is 0.438. The molecule has 0 aliphatic rings. The van der Waals surface area contributed by atoms with Crippen LogP contribution in [0.2, 0.25) is 0 Å². The van der Waals surface area contributed by atoms with Crippen LogP contribution in [0.3, 0.4) is 0 Å². The minimum absolute atomic E-state index is 0.567. The van der Waals surface area contributed by atoms with E-state index < -0.39 is 12.2 Å². The van der Waals surface area contributed by atoms with Crippen LogP contribution in [0.1, 0.15) is 85.0 Å². The van der Waals surface area contributed by atoms with E-state index in [0.29, 0.717) is 0 Å². The molecule has 0 aliphatic carbocycles. The summed E-state index contributed by atoms with van der Waals surface area (Å²) in [6.45, 7) is 6.65. The fourth-order valence-corrected chi connectivity index (χ4v) is 2.17. The summed E-state index contributed by atoms with van der Waals surface area (Å²) in [5.74, 6) is 6.32. The van der Waals surface area contributed by atoms with E-state index in [1.807, 2.05) is 0 Å². The lowest BCUT2D eigenvalue weighted by Gasteiger charge is -2.06. The molecule has 0 radical (unpaired) electrons. The molecule has 0 spiro atoms. The van der Waals surface area contributed by atoms with Crippen molar-refractivity contribution in [3.05, 3.63) is 0 Å². The summed E-state index contributed by atoms with van der Waals surface area (Å²) < 4.78 is 0. The maximum Gasteiger partial charge on any atom is 0.114 e. The molecule has 0 bridgehead atoms. The molecule has 20 heavy (non-hydrogen) atoms. The first-order chi connectivity index (χ1) is 9.56. The highest BCUT2D eigenvalue weighted by Crippen LogP contribution is 2.10. The number of hydrogen-bond donors (Lipinski definition) is 2. The van der Waals surface area contributed by atoms with E-state index in [2.05, 4.69) is 32.6 Å². The van der Waals surface area contributed by atoms with Crippen LogP contribution >= 0.6 is 0 Å². The maximum absolute atomic E-state index is 9.73. The van der Waals surface area contributed by atoms with Gasteiger partial charge in [-0.25, -0.2) is 0 Å². The van der Waals surface area contributed by atoms with Crippen molar-refractivity contribution in [3.8, 4) is 11.8 Å². The van der Waals surface area contributed by atoms with E-state index >= 15 is 0 Å². The second kappa shape index (κ2) is 13.5. The van der Waals surface area contributed by atoms with E-state index in [1.165, 1.54) is 25.7 Å². The molecule has 2 unspecified atom stereocenters. The molecular weight excluding hydrogens is 248 g/mol. The Labute approximate surface area is 126 Å². The van der Waals surface area contributed by atoms with Crippen molar-refractivity contribution in [2.75, 3.05) is 0 Å². The largest absolute Gasteiger partial charge is 0.380 e. The van der Waals surface area contributed by atoms with Gasteiger partial charge < -0.3 is 10.2 Å². The predicted octanol–water partition coefficient (Wildman–Crippen LogP) is 4.29. The van der Waals surface area contributed by atoms with Crippen LogP contribution in [-0.2, 0) is 0 Å². The van der Waals surface area contributed by atoms with Gasteiger partial charge in [0.25, 0.3) is 0 Å². The van der Waals surface area contributed by atoms with Crippen LogP contribution in [0, 0.1) is 17.8 Å². The van der Waals surface area contributed by atoms with Crippen molar-refractivity contribution in [1.29, 1.82) is 0 Å². The molecule has 2 N–H and O–H groups in total. The highest BCUT2D eigenvalue weighted by molar-refractivity contribution is 5.08. The molecule has 0 fully saturated rings. The summed E-state index contributed by atoms with van der Waals surface area (Å²) in [7, 11) is 0. The molecule has 2 heteroatoms. The van der Waals surface area contributed by atoms with Crippen LogP contribution in [0.5, 0.6) is 0 Å². The zero-order valence-electron chi connectivity index (χ0n) is 13.7. The van der Waals surface area contributed by atoms with E-state index in [1.54, 1.807) is 0 Å². The molecule has 0 amide bonds. The van der Waals surface area contributed by atoms with E-state index in [0.717, 1.165) is 44.4 Å². The lowest BCUT2D eigenvalue weighted by Crippen LogP contribution is -2.07. The van der Waals surface area contributed by atoms with Crippen LogP contribution in [-0.4, -0.2) is 22.4 Å². The predicted molar refractivity (Wildman–Crippen MR) is 86.5 cm³/mol. The normalized spacial score (nSPS) is 13.9. The highest BCUT2D eigenvalue weighted by Gasteiger charge is 2.02. The summed E-state index contributed by atoms with van der Waals surface area (Å²) in [6, 6.07) is 0. The van der Waals surface area contributed by atoms with Crippen LogP contribution in [0.4, 0.5) is 0 Å². The fourth-order valence-electron chi connectivity index (χ4n) is 2.17. The first-order valence-corrected chi connectivity index (χ1v) is 8.43. The smallest absolute Gasteiger partial charge is 0.114 e. The Morgan fingerprint density at radius 3 is 1.60 bits per heavy atom. The number of unbranched alkanes of at least 4 members (excludes halogenated alkanes) is 5. The molecule has 2 atom stereocenters. The Balaban J connectivity index is 3.58. The maximum atomic E-state index is 9.73. The van der Waals surface area contributed by atoms with E-state index in [4.69, 9.17) is 0 Å². The van der Waals surface area contributed by atoms with Gasteiger partial charge in [-0.1, -0.05) is 71.1 Å². The van der Waals surface area contributed by atoms with Gasteiger partial charge in [0.05, 0.1) is 0 Å². The first kappa shape index (κ1) is 19.5. The van der Waals surface area contributed by atoms with Crippen LogP contribution in [0.15, 0.2) is 0 Å². The average Bonchev–Trinajstić information content (AvgIpc) is 2.40. The molecule has 0 saturated heterocycles. The third-order valence-electron chi connectivity index (χ3n) is 3.51. The van der Waals surface area contributed by atoms with Gasteiger partial charge in [0.1, 0.15) is 12.2 Å². The zero-order valence-corrected chi connectivity index (χ0v) is 13.7. The number of aliphatic hydroxyl groups excluding tert-OH is 2. The Morgan fingerprint density at radius 2 is 1.15 bits per heavy atom. The van der Waals surface area contributed by atoms with Gasteiger partial charge in [0, 0.05) is 0 Å². The lowest BCUT2D eigenvalue weighted by atomic mass is 10.0. The first-order valence-electron chi connectivity index (χ1n) is 8.43. The summed E-state index contributed by atoms with van der Waals surface area (Å²) >= 11 is 0. The van der Waals surface area contributed by atoms with Crippen molar-refractivity contribution in [2.45, 2.75) is 97.2 Å². The third kappa shape index (κ3) is 13.9. The standard InChI is InChI=1S/C18H34O2/c1-4-5-6-9-12-17(19)14-15-18(20)13-10-7-8-11-16(2)3/h16-20H,4-13H2,1-3H3. The molecule has 2 nitrogen and oxygen atoms in total. The molecule has 0 aromatic heterocycles. The molecule has 0 saturated carbocycles. The van der Waals surface area contributed by atoms with Gasteiger partial charge in [-0.3, -0.25) is 0 Å². The number of aliphatic hydroxyl groups is 2. The third-order valence-corrected chi connectivity index (χ3v) is 3.51. The van der Waals surface area contributed by atoms with E-state index in [-0.39, 0.29) is 0 Å². The SMILES string of the molecule is CCCCCCC(O)C#CC(O)CCCCCC(C)C. The molecule has 0 rings (SSSR count). The topological polar surface area (TPSA) is 40.5 Å². The second-order valence-electron chi connectivity index (χ2n) is 6.20. The zero-order chi connectivity index (χ0) is 15.2. The average molecular weight is 282 g/mol. The summed E-state index contributed by atoms with van der Waals surface area (Å²) in [5.41, 5.74) is 0. The summed E-state index contributed by atoms with van der Waals surface area (Å²) in [4.78, 5) is 0. The Hall–Kier alpha value is -0.520.